The summed E-state index contributed by atoms with van der Waals surface area (Å²) in [5.41, 5.74) is 0. The number of carboxylic acids is 1. The van der Waals surface area contributed by atoms with Crippen LogP contribution in [0.1, 0.15) is 71.1 Å². The lowest BCUT2D eigenvalue weighted by molar-refractivity contribution is -0.133. The van der Waals surface area contributed by atoms with Gasteiger partial charge in [-0.15, -0.1) is 0 Å². The molecular weight excluding hydrogens is 328 g/mol. The molecule has 25 heavy (non-hydrogen) atoms. The second-order valence-corrected chi connectivity index (χ2v) is 7.14. The highest BCUT2D eigenvalue weighted by atomic mass is 32.2. The van der Waals surface area contributed by atoms with Gasteiger partial charge in [-0.3, -0.25) is 4.79 Å². The average molecular weight is 365 g/mol. The molecule has 1 N–H and O–H groups in total. The van der Waals surface area contributed by atoms with Crippen LogP contribution in [0, 0.1) is 0 Å². The fraction of sp³-hybridized carbons (Fsp3) is 0.591. The van der Waals surface area contributed by atoms with Gasteiger partial charge in [-0.2, -0.15) is 11.8 Å². The molecule has 0 unspecified atom stereocenters. The van der Waals surface area contributed by atoms with E-state index >= 15 is 0 Å². The van der Waals surface area contributed by atoms with Crippen LogP contribution < -0.4 is 0 Å². The molecule has 0 aromatic rings. The molecule has 0 fully saturated rings. The number of carboxylic acid groups (broad SMARTS) is 1. The number of allylic oxidation sites excluding steroid dienone is 8. The monoisotopic (exact) mass is 364 g/mol. The fourth-order valence-electron chi connectivity index (χ4n) is 2.19. The Balaban J connectivity index is 3.36. The van der Waals surface area contributed by atoms with Crippen molar-refractivity contribution < 1.29 is 9.90 Å². The minimum absolute atomic E-state index is 0.227. The van der Waals surface area contributed by atoms with Gasteiger partial charge in [0.15, 0.2) is 0 Å². The summed E-state index contributed by atoms with van der Waals surface area (Å²) in [5.74, 6) is 0.454. The van der Waals surface area contributed by atoms with Crippen molar-refractivity contribution in [1.82, 2.24) is 0 Å². The smallest absolute Gasteiger partial charge is 0.313 e. The number of thioether (sulfide) groups is 1. The van der Waals surface area contributed by atoms with Crippen molar-refractivity contribution in [2.45, 2.75) is 71.1 Å². The van der Waals surface area contributed by atoms with Crippen molar-refractivity contribution in [3.05, 3.63) is 48.6 Å². The first-order valence-corrected chi connectivity index (χ1v) is 10.8. The zero-order valence-corrected chi connectivity index (χ0v) is 16.7. The van der Waals surface area contributed by atoms with Gasteiger partial charge in [0.2, 0.25) is 0 Å². The Kier molecular flexibility index (Phi) is 19.8. The molecule has 2 nitrogen and oxygen atoms in total. The van der Waals surface area contributed by atoms with E-state index in [0.717, 1.165) is 44.3 Å². The normalized spacial score (nSPS) is 12.4. The van der Waals surface area contributed by atoms with E-state index in [1.807, 2.05) is 0 Å². The maximum Gasteiger partial charge on any atom is 0.313 e. The van der Waals surface area contributed by atoms with E-state index < -0.39 is 5.97 Å². The van der Waals surface area contributed by atoms with Crippen molar-refractivity contribution in [3.8, 4) is 0 Å². The maximum absolute atomic E-state index is 10.3. The average Bonchev–Trinajstić information content (AvgIpc) is 2.60. The van der Waals surface area contributed by atoms with Gasteiger partial charge in [-0.05, 0) is 57.1 Å². The topological polar surface area (TPSA) is 37.3 Å². The van der Waals surface area contributed by atoms with Gasteiger partial charge in [0.1, 0.15) is 0 Å². The summed E-state index contributed by atoms with van der Waals surface area (Å²) in [7, 11) is 0. The molecule has 0 aliphatic heterocycles. The Morgan fingerprint density at radius 1 is 0.760 bits per heavy atom. The number of carbonyl (C=O) groups is 1. The Hall–Kier alpha value is -1.22. The summed E-state index contributed by atoms with van der Waals surface area (Å²) in [5, 5.41) is 8.52. The highest BCUT2D eigenvalue weighted by Gasteiger charge is 1.95. The molecular formula is C22H36O2S. The molecule has 142 valence electrons. The van der Waals surface area contributed by atoms with Crippen LogP contribution in [-0.2, 0) is 4.79 Å². The molecule has 0 aromatic heterocycles. The van der Waals surface area contributed by atoms with Gasteiger partial charge in [0.25, 0.3) is 0 Å². The van der Waals surface area contributed by atoms with Crippen LogP contribution >= 0.6 is 11.8 Å². The van der Waals surface area contributed by atoms with E-state index in [2.05, 4.69) is 55.5 Å². The summed E-state index contributed by atoms with van der Waals surface area (Å²) in [6.45, 7) is 2.24. The predicted octanol–water partition coefficient (Wildman–Crippen LogP) is 6.95. The lowest BCUT2D eigenvalue weighted by Gasteiger charge is -1.96. The van der Waals surface area contributed by atoms with Crippen LogP contribution in [0.25, 0.3) is 0 Å². The van der Waals surface area contributed by atoms with Crippen molar-refractivity contribution in [2.24, 2.45) is 0 Å². The SMILES string of the molecule is CCCCCC=CCC=CCC=CCC=CCCCCSCC(=O)O. The molecule has 0 heterocycles. The Bertz CT molecular complexity index is 408. The van der Waals surface area contributed by atoms with E-state index in [1.165, 1.54) is 37.4 Å². The molecule has 0 saturated heterocycles. The molecule has 0 radical (unpaired) electrons. The van der Waals surface area contributed by atoms with Crippen LogP contribution in [0.2, 0.25) is 0 Å². The van der Waals surface area contributed by atoms with Crippen LogP contribution in [0.3, 0.4) is 0 Å². The van der Waals surface area contributed by atoms with Gasteiger partial charge < -0.3 is 5.11 Å². The minimum atomic E-state index is -0.717. The van der Waals surface area contributed by atoms with E-state index in [-0.39, 0.29) is 5.75 Å². The molecule has 0 aliphatic carbocycles. The zero-order chi connectivity index (χ0) is 18.4. The second kappa shape index (κ2) is 20.8. The quantitative estimate of drug-likeness (QED) is 0.224. The first-order chi connectivity index (χ1) is 12.3. The van der Waals surface area contributed by atoms with Gasteiger partial charge in [0, 0.05) is 0 Å². The van der Waals surface area contributed by atoms with E-state index in [1.54, 1.807) is 0 Å². The third-order valence-corrected chi connectivity index (χ3v) is 4.62. The molecule has 0 amide bonds. The van der Waals surface area contributed by atoms with E-state index in [4.69, 9.17) is 5.11 Å². The predicted molar refractivity (Wildman–Crippen MR) is 113 cm³/mol. The molecule has 0 bridgehead atoms. The third-order valence-electron chi connectivity index (χ3n) is 3.59. The number of hydrogen-bond donors (Lipinski definition) is 1. The molecule has 3 heteroatoms. The summed E-state index contributed by atoms with van der Waals surface area (Å²) < 4.78 is 0. The summed E-state index contributed by atoms with van der Waals surface area (Å²) in [4.78, 5) is 10.3. The second-order valence-electron chi connectivity index (χ2n) is 6.03. The first-order valence-electron chi connectivity index (χ1n) is 9.67. The number of hydrogen-bond acceptors (Lipinski definition) is 2. The zero-order valence-electron chi connectivity index (χ0n) is 15.9. The maximum atomic E-state index is 10.3. The summed E-state index contributed by atoms with van der Waals surface area (Å²) in [6, 6.07) is 0. The first kappa shape index (κ1) is 23.8. The van der Waals surface area contributed by atoms with Crippen LogP contribution in [0.15, 0.2) is 48.6 Å². The van der Waals surface area contributed by atoms with Gasteiger partial charge in [-0.25, -0.2) is 0 Å². The van der Waals surface area contributed by atoms with E-state index in [0.29, 0.717) is 0 Å². The Morgan fingerprint density at radius 3 is 1.72 bits per heavy atom. The van der Waals surface area contributed by atoms with Gasteiger partial charge in [-0.1, -0.05) is 68.4 Å². The van der Waals surface area contributed by atoms with E-state index in [9.17, 15) is 4.79 Å². The molecule has 0 saturated carbocycles. The molecule has 0 aliphatic rings. The lowest BCUT2D eigenvalue weighted by atomic mass is 10.2. The standard InChI is InChI=1S/C22H36O2S/c1-2-3-4-5-6-7-8-9-10-11-12-13-14-15-16-17-18-19-20-25-21-22(23)24/h6-7,9-10,12-13,15-16H,2-5,8,11,14,17-21H2,1H3,(H,23,24). The lowest BCUT2D eigenvalue weighted by Crippen LogP contribution is -1.98. The Morgan fingerprint density at radius 2 is 1.24 bits per heavy atom. The fourth-order valence-corrected chi connectivity index (χ4v) is 2.91. The molecule has 0 aromatic carbocycles. The van der Waals surface area contributed by atoms with Crippen molar-refractivity contribution in [1.29, 1.82) is 0 Å². The minimum Gasteiger partial charge on any atom is -0.481 e. The van der Waals surface area contributed by atoms with Crippen LogP contribution in [0.5, 0.6) is 0 Å². The Labute approximate surface area is 159 Å². The summed E-state index contributed by atoms with van der Waals surface area (Å²) >= 11 is 1.50. The number of rotatable bonds is 17. The van der Waals surface area contributed by atoms with Crippen molar-refractivity contribution in [2.75, 3.05) is 11.5 Å². The van der Waals surface area contributed by atoms with Gasteiger partial charge >= 0.3 is 5.97 Å². The number of aliphatic carboxylic acids is 1. The highest BCUT2D eigenvalue weighted by molar-refractivity contribution is 7.99. The molecule has 0 rings (SSSR count). The van der Waals surface area contributed by atoms with Crippen LogP contribution in [-0.4, -0.2) is 22.6 Å². The third kappa shape index (κ3) is 22.8. The molecule has 0 spiro atoms. The van der Waals surface area contributed by atoms with Gasteiger partial charge in [0.05, 0.1) is 5.75 Å². The number of unbranched alkanes of at least 4 members (excludes halogenated alkanes) is 5. The van der Waals surface area contributed by atoms with Crippen molar-refractivity contribution >= 4 is 17.7 Å². The largest absolute Gasteiger partial charge is 0.481 e. The van der Waals surface area contributed by atoms with Crippen molar-refractivity contribution in [3.63, 3.8) is 0 Å². The highest BCUT2D eigenvalue weighted by Crippen LogP contribution is 2.06. The molecule has 0 atom stereocenters. The summed E-state index contributed by atoms with van der Waals surface area (Å²) in [6.07, 6.45) is 29.4. The van der Waals surface area contributed by atoms with Crippen LogP contribution in [0.4, 0.5) is 0 Å².